The first-order valence-electron chi connectivity index (χ1n) is 8.01. The zero-order valence-corrected chi connectivity index (χ0v) is 13.4. The summed E-state index contributed by atoms with van der Waals surface area (Å²) in [4.78, 5) is 26.2. The molecule has 4 rings (SSSR count). The molecule has 1 aliphatic heterocycles. The number of para-hydroxylation sites is 2. The van der Waals surface area contributed by atoms with Crippen LogP contribution in [0.5, 0.6) is 6.01 Å². The van der Waals surface area contributed by atoms with Gasteiger partial charge < -0.3 is 14.2 Å². The first-order valence-corrected chi connectivity index (χ1v) is 8.01. The quantitative estimate of drug-likeness (QED) is 0.721. The van der Waals surface area contributed by atoms with E-state index in [0.29, 0.717) is 19.5 Å². The van der Waals surface area contributed by atoms with Crippen molar-refractivity contribution in [2.75, 3.05) is 13.1 Å². The van der Waals surface area contributed by atoms with Crippen LogP contribution in [0.4, 0.5) is 4.39 Å². The van der Waals surface area contributed by atoms with Gasteiger partial charge in [0.25, 0.3) is 0 Å². The average molecular weight is 341 g/mol. The zero-order chi connectivity index (χ0) is 17.2. The van der Waals surface area contributed by atoms with Gasteiger partial charge >= 0.3 is 6.01 Å². The lowest BCUT2D eigenvalue weighted by atomic mass is 10.3. The Morgan fingerprint density at radius 3 is 2.88 bits per heavy atom. The Morgan fingerprint density at radius 2 is 2.04 bits per heavy atom. The number of fused-ring (bicyclic) bond motifs is 1. The minimum atomic E-state index is -0.511. The number of rotatable bonds is 4. The van der Waals surface area contributed by atoms with Crippen LogP contribution >= 0.6 is 0 Å². The van der Waals surface area contributed by atoms with Gasteiger partial charge in [0.1, 0.15) is 12.6 Å². The molecule has 1 atom stereocenters. The van der Waals surface area contributed by atoms with E-state index in [-0.39, 0.29) is 24.6 Å². The Hall–Kier alpha value is -3.03. The number of aromatic nitrogens is 4. The second-order valence-corrected chi connectivity index (χ2v) is 5.91. The number of amides is 1. The number of hydrogen-bond donors (Lipinski definition) is 0. The Kier molecular flexibility index (Phi) is 4.01. The monoisotopic (exact) mass is 341 g/mol. The highest BCUT2D eigenvalue weighted by Crippen LogP contribution is 2.17. The summed E-state index contributed by atoms with van der Waals surface area (Å²) in [6, 6.07) is 7.83. The van der Waals surface area contributed by atoms with Gasteiger partial charge in [-0.15, -0.1) is 0 Å². The number of likely N-dealkylation sites (tertiary alicyclic amines) is 1. The average Bonchev–Trinajstić information content (AvgIpc) is 3.25. The number of halogens is 1. The molecule has 1 fully saturated rings. The molecule has 25 heavy (non-hydrogen) atoms. The highest BCUT2D eigenvalue weighted by molar-refractivity contribution is 5.80. The van der Waals surface area contributed by atoms with Crippen molar-refractivity contribution in [2.45, 2.75) is 19.1 Å². The fourth-order valence-electron chi connectivity index (χ4n) is 2.94. The van der Waals surface area contributed by atoms with Crippen molar-refractivity contribution in [3.05, 3.63) is 48.8 Å². The minimum absolute atomic E-state index is 0.00859. The third kappa shape index (κ3) is 3.28. The van der Waals surface area contributed by atoms with E-state index in [1.165, 1.54) is 0 Å². The summed E-state index contributed by atoms with van der Waals surface area (Å²) in [6.45, 7) is 1.31. The first-order chi connectivity index (χ1) is 12.2. The van der Waals surface area contributed by atoms with Gasteiger partial charge in [-0.2, -0.15) is 0 Å². The summed E-state index contributed by atoms with van der Waals surface area (Å²) in [5.74, 6) is -0.502. The molecule has 2 aromatic heterocycles. The highest BCUT2D eigenvalue weighted by atomic mass is 19.1. The van der Waals surface area contributed by atoms with Crippen LogP contribution in [0, 0.1) is 5.82 Å². The highest BCUT2D eigenvalue weighted by Gasteiger charge is 2.28. The third-order valence-electron chi connectivity index (χ3n) is 4.20. The molecule has 3 aromatic rings. The molecule has 1 aromatic carbocycles. The molecule has 0 aliphatic carbocycles. The molecule has 0 radical (unpaired) electrons. The number of benzene rings is 1. The molecule has 0 bridgehead atoms. The Balaban J connectivity index is 1.38. The maximum Gasteiger partial charge on any atom is 0.316 e. The van der Waals surface area contributed by atoms with Gasteiger partial charge in [0, 0.05) is 13.0 Å². The van der Waals surface area contributed by atoms with E-state index in [9.17, 15) is 9.18 Å². The lowest BCUT2D eigenvalue weighted by Gasteiger charge is -2.17. The summed E-state index contributed by atoms with van der Waals surface area (Å²) in [5.41, 5.74) is 1.80. The van der Waals surface area contributed by atoms with Crippen molar-refractivity contribution < 1.29 is 13.9 Å². The zero-order valence-electron chi connectivity index (χ0n) is 13.4. The Bertz CT molecular complexity index is 895. The summed E-state index contributed by atoms with van der Waals surface area (Å²) < 4.78 is 20.3. The van der Waals surface area contributed by atoms with Crippen LogP contribution < -0.4 is 4.74 Å². The lowest BCUT2D eigenvalue weighted by molar-refractivity contribution is -0.131. The van der Waals surface area contributed by atoms with E-state index in [1.807, 2.05) is 28.8 Å². The van der Waals surface area contributed by atoms with E-state index in [4.69, 9.17) is 4.74 Å². The molecule has 7 nitrogen and oxygen atoms in total. The maximum absolute atomic E-state index is 12.8. The molecule has 1 aliphatic rings. The van der Waals surface area contributed by atoms with Gasteiger partial charge in [0.05, 0.1) is 36.3 Å². The maximum atomic E-state index is 12.8. The Labute approximate surface area is 143 Å². The van der Waals surface area contributed by atoms with Crippen molar-refractivity contribution in [2.24, 2.45) is 0 Å². The number of hydrogen-bond acceptors (Lipinski definition) is 5. The summed E-state index contributed by atoms with van der Waals surface area (Å²) in [6.07, 6.45) is 4.30. The molecular weight excluding hydrogens is 325 g/mol. The van der Waals surface area contributed by atoms with Crippen LogP contribution in [-0.4, -0.2) is 49.5 Å². The van der Waals surface area contributed by atoms with Gasteiger partial charge in [-0.05, 0) is 12.1 Å². The largest absolute Gasteiger partial charge is 0.458 e. The van der Waals surface area contributed by atoms with Gasteiger partial charge in [-0.3, -0.25) is 4.79 Å². The summed E-state index contributed by atoms with van der Waals surface area (Å²) >= 11 is 0. The first kappa shape index (κ1) is 15.5. The molecular formula is C17H16FN5O2. The normalized spacial score (nSPS) is 17.2. The summed E-state index contributed by atoms with van der Waals surface area (Å²) in [5, 5.41) is 0. The standard InChI is InChI=1S/C17H16FN5O2/c18-12-7-19-17(20-8-12)25-13-5-6-22(9-13)16(24)10-23-11-21-14-3-1-2-4-15(14)23/h1-4,7-8,11,13H,5-6,9-10H2/t13-/m0/s1. The Morgan fingerprint density at radius 1 is 1.24 bits per heavy atom. The number of carbonyl (C=O) groups excluding carboxylic acids is 1. The number of imidazole rings is 1. The SMILES string of the molecule is O=C(Cn1cnc2ccccc21)N1CC[C@H](Oc2ncc(F)cn2)C1. The molecule has 1 saturated heterocycles. The molecule has 128 valence electrons. The molecule has 3 heterocycles. The molecule has 0 N–H and O–H groups in total. The van der Waals surface area contributed by atoms with Crippen molar-refractivity contribution in [3.8, 4) is 6.01 Å². The van der Waals surface area contributed by atoms with Crippen LogP contribution in [0.1, 0.15) is 6.42 Å². The van der Waals surface area contributed by atoms with Crippen LogP contribution in [0.2, 0.25) is 0 Å². The fraction of sp³-hybridized carbons (Fsp3) is 0.294. The second kappa shape index (κ2) is 6.46. The molecule has 0 spiro atoms. The van der Waals surface area contributed by atoms with Gasteiger partial charge in [0.2, 0.25) is 5.91 Å². The van der Waals surface area contributed by atoms with Crippen LogP contribution in [-0.2, 0) is 11.3 Å². The van der Waals surface area contributed by atoms with Crippen molar-refractivity contribution >= 4 is 16.9 Å². The van der Waals surface area contributed by atoms with Gasteiger partial charge in [0.15, 0.2) is 5.82 Å². The fourth-order valence-corrected chi connectivity index (χ4v) is 2.94. The van der Waals surface area contributed by atoms with Crippen LogP contribution in [0.3, 0.4) is 0 Å². The number of nitrogens with zero attached hydrogens (tertiary/aromatic N) is 5. The summed E-state index contributed by atoms with van der Waals surface area (Å²) in [7, 11) is 0. The predicted octanol–water partition coefficient (Wildman–Crippen LogP) is 1.65. The van der Waals surface area contributed by atoms with Crippen LogP contribution in [0.15, 0.2) is 43.0 Å². The van der Waals surface area contributed by atoms with E-state index < -0.39 is 5.82 Å². The van der Waals surface area contributed by atoms with E-state index in [2.05, 4.69) is 15.0 Å². The molecule has 0 saturated carbocycles. The van der Waals surface area contributed by atoms with E-state index >= 15 is 0 Å². The van der Waals surface area contributed by atoms with Gasteiger partial charge in [-0.25, -0.2) is 19.3 Å². The van der Waals surface area contributed by atoms with Crippen LogP contribution in [0.25, 0.3) is 11.0 Å². The van der Waals surface area contributed by atoms with Crippen molar-refractivity contribution in [3.63, 3.8) is 0 Å². The predicted molar refractivity (Wildman–Crippen MR) is 87.3 cm³/mol. The van der Waals surface area contributed by atoms with E-state index in [1.54, 1.807) is 11.2 Å². The molecule has 0 unspecified atom stereocenters. The topological polar surface area (TPSA) is 73.1 Å². The third-order valence-corrected chi connectivity index (χ3v) is 4.20. The minimum Gasteiger partial charge on any atom is -0.458 e. The second-order valence-electron chi connectivity index (χ2n) is 5.91. The smallest absolute Gasteiger partial charge is 0.316 e. The van der Waals surface area contributed by atoms with Crippen molar-refractivity contribution in [1.29, 1.82) is 0 Å². The van der Waals surface area contributed by atoms with E-state index in [0.717, 1.165) is 23.4 Å². The molecule has 1 amide bonds. The number of carbonyl (C=O) groups is 1. The molecule has 8 heteroatoms. The van der Waals surface area contributed by atoms with Gasteiger partial charge in [-0.1, -0.05) is 12.1 Å². The lowest BCUT2D eigenvalue weighted by Crippen LogP contribution is -2.33. The number of ether oxygens (including phenoxy) is 1. The van der Waals surface area contributed by atoms with Crippen molar-refractivity contribution in [1.82, 2.24) is 24.4 Å².